The van der Waals surface area contributed by atoms with E-state index in [0.717, 1.165) is 11.1 Å². The lowest BCUT2D eigenvalue weighted by Crippen LogP contribution is -2.56. The zero-order valence-corrected chi connectivity index (χ0v) is 24.0. The molecule has 37 heavy (non-hydrogen) atoms. The Labute approximate surface area is 229 Å². The lowest BCUT2D eigenvalue weighted by atomic mass is 9.67. The molecule has 0 spiro atoms. The van der Waals surface area contributed by atoms with Crippen molar-refractivity contribution in [3.63, 3.8) is 0 Å². The molecule has 0 aliphatic carbocycles. The SMILES string of the molecule is CC[C@@H](CCS(=O)(=O)C(C)C)N1C(=O)[C@@](C)(CC(=O)O)C[C@H](c2cccc(Cl)c2)C1c1ccc(Cl)cc1. The minimum atomic E-state index is -3.33. The normalized spacial score (nSPS) is 23.3. The molecule has 9 heteroatoms. The summed E-state index contributed by atoms with van der Waals surface area (Å²) in [6, 6.07) is 13.9. The Morgan fingerprint density at radius 1 is 1.11 bits per heavy atom. The van der Waals surface area contributed by atoms with E-state index >= 15 is 0 Å². The molecule has 1 fully saturated rings. The molecule has 2 aromatic carbocycles. The van der Waals surface area contributed by atoms with Crippen LogP contribution in [0.4, 0.5) is 0 Å². The molecule has 0 radical (unpaired) electrons. The molecule has 1 heterocycles. The number of halogens is 2. The first-order valence-corrected chi connectivity index (χ1v) is 15.0. The number of nitrogens with zero attached hydrogens (tertiary/aromatic N) is 1. The summed E-state index contributed by atoms with van der Waals surface area (Å²) in [5.41, 5.74) is 0.572. The largest absolute Gasteiger partial charge is 0.481 e. The van der Waals surface area contributed by atoms with Gasteiger partial charge >= 0.3 is 5.97 Å². The molecule has 3 rings (SSSR count). The van der Waals surface area contributed by atoms with E-state index in [9.17, 15) is 23.1 Å². The molecule has 1 N–H and O–H groups in total. The highest BCUT2D eigenvalue weighted by Crippen LogP contribution is 2.52. The number of carboxylic acids is 1. The van der Waals surface area contributed by atoms with E-state index in [0.29, 0.717) is 22.9 Å². The second kappa shape index (κ2) is 11.7. The average molecular weight is 569 g/mol. The first-order chi connectivity index (χ1) is 17.3. The van der Waals surface area contributed by atoms with Gasteiger partial charge in [0.1, 0.15) is 0 Å². The Morgan fingerprint density at radius 3 is 2.30 bits per heavy atom. The lowest BCUT2D eigenvalue weighted by Gasteiger charge is -2.52. The molecular formula is C28H35Cl2NO5S. The second-order valence-electron chi connectivity index (χ2n) is 10.5. The van der Waals surface area contributed by atoms with Crippen molar-refractivity contribution < 1.29 is 23.1 Å². The molecule has 202 valence electrons. The first kappa shape index (κ1) is 29.5. The van der Waals surface area contributed by atoms with E-state index in [-0.39, 0.29) is 30.4 Å². The monoisotopic (exact) mass is 567 g/mol. The highest BCUT2D eigenvalue weighted by Gasteiger charge is 2.52. The number of sulfone groups is 1. The topological polar surface area (TPSA) is 91.8 Å². The number of hydrogen-bond acceptors (Lipinski definition) is 4. The van der Waals surface area contributed by atoms with Crippen molar-refractivity contribution in [2.24, 2.45) is 5.41 Å². The Hall–Kier alpha value is -2.09. The number of amides is 1. The summed E-state index contributed by atoms with van der Waals surface area (Å²) in [4.78, 5) is 27.9. The molecule has 1 amide bonds. The molecule has 1 aliphatic heterocycles. The summed E-state index contributed by atoms with van der Waals surface area (Å²) in [7, 11) is -3.33. The minimum Gasteiger partial charge on any atom is -0.481 e. The number of rotatable bonds is 10. The van der Waals surface area contributed by atoms with Crippen molar-refractivity contribution in [3.05, 3.63) is 69.7 Å². The molecule has 1 unspecified atom stereocenters. The van der Waals surface area contributed by atoms with Crippen LogP contribution in [0.3, 0.4) is 0 Å². The van der Waals surface area contributed by atoms with Crippen molar-refractivity contribution in [2.45, 2.75) is 76.6 Å². The number of carbonyl (C=O) groups excluding carboxylic acids is 1. The van der Waals surface area contributed by atoms with E-state index in [1.54, 1.807) is 43.9 Å². The van der Waals surface area contributed by atoms with Crippen LogP contribution < -0.4 is 0 Å². The number of hydrogen-bond donors (Lipinski definition) is 1. The van der Waals surface area contributed by atoms with Crippen LogP contribution in [0, 0.1) is 5.41 Å². The van der Waals surface area contributed by atoms with Gasteiger partial charge in [0.25, 0.3) is 0 Å². The standard InChI is InChI=1S/C28H35Cl2NO5S/c1-5-23(13-14-37(35,36)18(2)3)31-26(19-9-11-21(29)12-10-19)24(20-7-6-8-22(30)15-20)16-28(4,27(31)34)17-25(32)33/h6-12,15,18,23-24,26H,5,13-14,16-17H2,1-4H3,(H,32,33)/t23-,24+,26?,28+/m0/s1. The molecule has 6 nitrogen and oxygen atoms in total. The number of piperidine rings is 1. The summed E-state index contributed by atoms with van der Waals surface area (Å²) in [6.45, 7) is 6.93. The smallest absolute Gasteiger partial charge is 0.304 e. The lowest BCUT2D eigenvalue weighted by molar-refractivity contribution is -0.160. The van der Waals surface area contributed by atoms with Gasteiger partial charge in [-0.05, 0) is 68.5 Å². The summed E-state index contributed by atoms with van der Waals surface area (Å²) < 4.78 is 25.4. The van der Waals surface area contributed by atoms with E-state index < -0.39 is 38.6 Å². The third kappa shape index (κ3) is 6.68. The number of carbonyl (C=O) groups is 2. The zero-order valence-electron chi connectivity index (χ0n) is 21.7. The van der Waals surface area contributed by atoms with Gasteiger partial charge in [-0.2, -0.15) is 0 Å². The maximum atomic E-state index is 14.2. The maximum absolute atomic E-state index is 14.2. The zero-order chi connectivity index (χ0) is 27.5. The number of aliphatic carboxylic acids is 1. The molecular weight excluding hydrogens is 533 g/mol. The Balaban J connectivity index is 2.20. The van der Waals surface area contributed by atoms with Crippen LogP contribution in [0.5, 0.6) is 0 Å². The van der Waals surface area contributed by atoms with Gasteiger partial charge in [0, 0.05) is 22.0 Å². The van der Waals surface area contributed by atoms with Crippen LogP contribution in [0.1, 0.15) is 76.5 Å². The van der Waals surface area contributed by atoms with Crippen molar-refractivity contribution in [1.29, 1.82) is 0 Å². The highest BCUT2D eigenvalue weighted by molar-refractivity contribution is 7.91. The van der Waals surface area contributed by atoms with Crippen LogP contribution in [0.15, 0.2) is 48.5 Å². The number of benzene rings is 2. The van der Waals surface area contributed by atoms with Gasteiger partial charge in [0.15, 0.2) is 9.84 Å². The molecule has 1 aliphatic rings. The van der Waals surface area contributed by atoms with Crippen LogP contribution in [0.2, 0.25) is 10.0 Å². The van der Waals surface area contributed by atoms with Crippen LogP contribution in [-0.4, -0.2) is 47.3 Å². The van der Waals surface area contributed by atoms with Crippen molar-refractivity contribution >= 4 is 44.9 Å². The van der Waals surface area contributed by atoms with Gasteiger partial charge in [-0.3, -0.25) is 9.59 Å². The first-order valence-electron chi connectivity index (χ1n) is 12.6. The molecule has 1 saturated heterocycles. The quantitative estimate of drug-likeness (QED) is 0.352. The van der Waals surface area contributed by atoms with Gasteiger partial charge in [-0.1, -0.05) is 61.3 Å². The molecule has 4 atom stereocenters. The minimum absolute atomic E-state index is 0.0578. The van der Waals surface area contributed by atoms with Crippen LogP contribution >= 0.6 is 23.2 Å². The van der Waals surface area contributed by atoms with Gasteiger partial charge in [-0.25, -0.2) is 8.42 Å². The fourth-order valence-corrected chi connectivity index (χ4v) is 6.75. The van der Waals surface area contributed by atoms with Crippen molar-refractivity contribution in [3.8, 4) is 0 Å². The van der Waals surface area contributed by atoms with Gasteiger partial charge < -0.3 is 10.0 Å². The highest BCUT2D eigenvalue weighted by atomic mass is 35.5. The van der Waals surface area contributed by atoms with Gasteiger partial charge in [-0.15, -0.1) is 0 Å². The van der Waals surface area contributed by atoms with Crippen molar-refractivity contribution in [1.82, 2.24) is 4.90 Å². The number of carboxylic acid groups (broad SMARTS) is 1. The molecule has 2 aromatic rings. The van der Waals surface area contributed by atoms with Crippen LogP contribution in [0.25, 0.3) is 0 Å². The second-order valence-corrected chi connectivity index (χ2v) is 14.0. The van der Waals surface area contributed by atoms with E-state index in [1.807, 2.05) is 37.3 Å². The Morgan fingerprint density at radius 2 is 1.76 bits per heavy atom. The third-order valence-electron chi connectivity index (χ3n) is 7.45. The molecule has 0 aromatic heterocycles. The van der Waals surface area contributed by atoms with Crippen molar-refractivity contribution in [2.75, 3.05) is 5.75 Å². The Bertz CT molecular complexity index is 1230. The molecule has 0 bridgehead atoms. The third-order valence-corrected chi connectivity index (χ3v) is 10.2. The fraction of sp³-hybridized carbons (Fsp3) is 0.500. The number of likely N-dealkylation sites (tertiary alicyclic amines) is 1. The average Bonchev–Trinajstić information content (AvgIpc) is 2.82. The van der Waals surface area contributed by atoms with E-state index in [4.69, 9.17) is 23.2 Å². The summed E-state index contributed by atoms with van der Waals surface area (Å²) in [5.74, 6) is -1.65. The predicted octanol–water partition coefficient (Wildman–Crippen LogP) is 6.52. The van der Waals surface area contributed by atoms with E-state index in [2.05, 4.69) is 0 Å². The van der Waals surface area contributed by atoms with E-state index in [1.165, 1.54) is 0 Å². The molecule has 0 saturated carbocycles. The summed E-state index contributed by atoms with van der Waals surface area (Å²) in [5, 5.41) is 10.3. The predicted molar refractivity (Wildman–Crippen MR) is 148 cm³/mol. The van der Waals surface area contributed by atoms with Gasteiger partial charge in [0.05, 0.1) is 28.9 Å². The maximum Gasteiger partial charge on any atom is 0.304 e. The van der Waals surface area contributed by atoms with Crippen LogP contribution in [-0.2, 0) is 19.4 Å². The fourth-order valence-electron chi connectivity index (χ4n) is 5.36. The summed E-state index contributed by atoms with van der Waals surface area (Å²) >= 11 is 12.5. The van der Waals surface area contributed by atoms with Gasteiger partial charge in [0.2, 0.25) is 5.91 Å². The summed E-state index contributed by atoms with van der Waals surface area (Å²) in [6.07, 6.45) is 0.767. The Kier molecular flexibility index (Phi) is 9.36.